The van der Waals surface area contributed by atoms with Gasteiger partial charge in [0.2, 0.25) is 0 Å². The topological polar surface area (TPSA) is 51.0 Å². The number of rotatable bonds is 10. The lowest BCUT2D eigenvalue weighted by molar-refractivity contribution is -0.903. The molecule has 6 atom stereocenters. The third-order valence-electron chi connectivity index (χ3n) is 8.35. The molecule has 3 rings (SSSR count). The van der Waals surface area contributed by atoms with Gasteiger partial charge in [0.25, 0.3) is 0 Å². The predicted molar refractivity (Wildman–Crippen MR) is 117 cm³/mol. The highest BCUT2D eigenvalue weighted by molar-refractivity contribution is 5.76. The van der Waals surface area contributed by atoms with E-state index in [0.717, 1.165) is 38.9 Å². The van der Waals surface area contributed by atoms with Crippen LogP contribution in [0.15, 0.2) is 11.6 Å². The number of quaternary nitrogens is 1. The van der Waals surface area contributed by atoms with E-state index in [0.29, 0.717) is 5.92 Å². The Morgan fingerprint density at radius 3 is 2.45 bits per heavy atom. The first-order valence-corrected chi connectivity index (χ1v) is 12.3. The highest BCUT2D eigenvalue weighted by atomic mass is 16.6. The maximum atomic E-state index is 12.9. The van der Waals surface area contributed by atoms with Gasteiger partial charge in [-0.3, -0.25) is 4.79 Å². The van der Waals surface area contributed by atoms with E-state index < -0.39 is 6.10 Å². The highest BCUT2D eigenvalue weighted by Crippen LogP contribution is 2.55. The second kappa shape index (κ2) is 9.96. The molecule has 3 aliphatic rings. The molecule has 0 aromatic heterocycles. The molecule has 0 radical (unpaired) electrons. The zero-order valence-electron chi connectivity index (χ0n) is 19.2. The molecular formula is C25H44NO3+. The van der Waals surface area contributed by atoms with Crippen molar-refractivity contribution in [2.75, 3.05) is 19.6 Å². The van der Waals surface area contributed by atoms with E-state index in [1.807, 2.05) is 0 Å². The van der Waals surface area contributed by atoms with Gasteiger partial charge in [-0.1, -0.05) is 52.2 Å². The molecular weight excluding hydrogens is 362 g/mol. The summed E-state index contributed by atoms with van der Waals surface area (Å²) >= 11 is 0. The Labute approximate surface area is 178 Å². The molecule has 2 aliphatic carbocycles. The molecule has 0 aromatic rings. The second-order valence-electron chi connectivity index (χ2n) is 10.2. The number of aliphatic hydroxyl groups is 1. The summed E-state index contributed by atoms with van der Waals surface area (Å²) in [5.74, 6) is 0.198. The van der Waals surface area contributed by atoms with Gasteiger partial charge >= 0.3 is 5.97 Å². The molecule has 2 fully saturated rings. The largest absolute Gasteiger partial charge is 0.461 e. The minimum absolute atomic E-state index is 0.0439. The van der Waals surface area contributed by atoms with Crippen LogP contribution in [0.4, 0.5) is 0 Å². The van der Waals surface area contributed by atoms with Crippen LogP contribution < -0.4 is 4.90 Å². The van der Waals surface area contributed by atoms with Crippen LogP contribution in [0.2, 0.25) is 0 Å². The number of ether oxygens (including phenoxy) is 1. The molecule has 1 heterocycles. The fourth-order valence-electron chi connectivity index (χ4n) is 6.19. The maximum absolute atomic E-state index is 12.9. The molecule has 0 aromatic carbocycles. The Morgan fingerprint density at radius 2 is 1.83 bits per heavy atom. The minimum atomic E-state index is -0.480. The summed E-state index contributed by atoms with van der Waals surface area (Å²) in [5.41, 5.74) is 1.13. The number of carbonyl (C=O) groups excluding carboxylic acids is 1. The van der Waals surface area contributed by atoms with Crippen molar-refractivity contribution >= 4 is 5.97 Å². The lowest BCUT2D eigenvalue weighted by Crippen LogP contribution is -3.13. The first-order valence-electron chi connectivity index (χ1n) is 12.3. The van der Waals surface area contributed by atoms with E-state index in [-0.39, 0.29) is 29.3 Å². The van der Waals surface area contributed by atoms with Crippen molar-refractivity contribution in [1.82, 2.24) is 0 Å². The molecule has 166 valence electrons. The van der Waals surface area contributed by atoms with Gasteiger partial charge in [-0.05, 0) is 44.4 Å². The molecule has 4 heteroatoms. The van der Waals surface area contributed by atoms with E-state index in [1.165, 1.54) is 49.0 Å². The van der Waals surface area contributed by atoms with Crippen LogP contribution in [-0.4, -0.2) is 42.9 Å². The smallest absolute Gasteiger partial charge is 0.315 e. The predicted octanol–water partition coefficient (Wildman–Crippen LogP) is 3.54. The fraction of sp³-hybridized carbons (Fsp3) is 0.880. The van der Waals surface area contributed by atoms with Gasteiger partial charge in [-0.15, -0.1) is 0 Å². The summed E-state index contributed by atoms with van der Waals surface area (Å²) in [6.45, 7) is 12.1. The van der Waals surface area contributed by atoms with E-state index in [9.17, 15) is 9.90 Å². The Bertz CT molecular complexity index is 579. The molecule has 1 saturated carbocycles. The van der Waals surface area contributed by atoms with Gasteiger partial charge in [0.05, 0.1) is 25.7 Å². The van der Waals surface area contributed by atoms with Gasteiger partial charge in [0.1, 0.15) is 12.0 Å². The van der Waals surface area contributed by atoms with Crippen molar-refractivity contribution in [2.24, 2.45) is 23.2 Å². The van der Waals surface area contributed by atoms with Crippen molar-refractivity contribution in [3.63, 3.8) is 0 Å². The number of hydrogen-bond acceptors (Lipinski definition) is 3. The van der Waals surface area contributed by atoms with Crippen molar-refractivity contribution in [3.8, 4) is 0 Å². The minimum Gasteiger partial charge on any atom is -0.461 e. The molecule has 0 bridgehead atoms. The summed E-state index contributed by atoms with van der Waals surface area (Å²) in [5, 5.41) is 11.6. The summed E-state index contributed by atoms with van der Waals surface area (Å²) in [6.07, 6.45) is 12.1. The number of aliphatic hydroxyl groups excluding tert-OH is 1. The number of nitrogens with one attached hydrogen (secondary N) is 1. The SMILES string of the molecule is CCCCC[NH+](CCCCC)C[C@@H]1C(=O)O[C@H]2CC3=CCC[C@@H](C)[C@]3(C)[C@@H](O)[C@@H]21. The number of allylic oxidation sites excluding steroid dienone is 1. The summed E-state index contributed by atoms with van der Waals surface area (Å²) in [4.78, 5) is 14.4. The van der Waals surface area contributed by atoms with E-state index in [4.69, 9.17) is 4.74 Å². The number of unbranched alkanes of at least 4 members (excludes halogenated alkanes) is 4. The highest BCUT2D eigenvalue weighted by Gasteiger charge is 2.60. The molecule has 0 spiro atoms. The first-order chi connectivity index (χ1) is 13.9. The Hall–Kier alpha value is -0.870. The Kier molecular flexibility index (Phi) is 7.83. The van der Waals surface area contributed by atoms with Gasteiger partial charge in [-0.2, -0.15) is 0 Å². The van der Waals surface area contributed by atoms with E-state index in [2.05, 4.69) is 33.8 Å². The molecule has 0 amide bonds. The van der Waals surface area contributed by atoms with Crippen molar-refractivity contribution in [3.05, 3.63) is 11.6 Å². The van der Waals surface area contributed by atoms with Crippen LogP contribution in [0.1, 0.15) is 85.5 Å². The van der Waals surface area contributed by atoms with E-state index >= 15 is 0 Å². The molecule has 4 nitrogen and oxygen atoms in total. The van der Waals surface area contributed by atoms with Crippen molar-refractivity contribution in [1.29, 1.82) is 0 Å². The number of fused-ring (bicyclic) bond motifs is 2. The van der Waals surface area contributed by atoms with Gasteiger partial charge in [0, 0.05) is 17.8 Å². The molecule has 0 unspecified atom stereocenters. The van der Waals surface area contributed by atoms with Crippen LogP contribution in [-0.2, 0) is 9.53 Å². The number of esters is 1. The summed E-state index contributed by atoms with van der Waals surface area (Å²) in [6, 6.07) is 0. The Balaban J connectivity index is 1.75. The summed E-state index contributed by atoms with van der Waals surface area (Å²) in [7, 11) is 0. The average Bonchev–Trinajstić information content (AvgIpc) is 3.00. The van der Waals surface area contributed by atoms with Crippen LogP contribution in [0.25, 0.3) is 0 Å². The van der Waals surface area contributed by atoms with Gasteiger partial charge in [-0.25, -0.2) is 0 Å². The average molecular weight is 407 g/mol. The normalized spacial score (nSPS) is 36.6. The quantitative estimate of drug-likeness (QED) is 0.331. The first kappa shape index (κ1) is 22.8. The summed E-state index contributed by atoms with van der Waals surface area (Å²) < 4.78 is 5.88. The van der Waals surface area contributed by atoms with E-state index in [1.54, 1.807) is 0 Å². The maximum Gasteiger partial charge on any atom is 0.315 e. The van der Waals surface area contributed by atoms with Crippen LogP contribution >= 0.6 is 0 Å². The second-order valence-corrected chi connectivity index (χ2v) is 10.2. The van der Waals surface area contributed by atoms with Gasteiger partial charge in [0.15, 0.2) is 0 Å². The number of hydrogen-bond donors (Lipinski definition) is 2. The molecule has 2 N–H and O–H groups in total. The lowest BCUT2D eigenvalue weighted by atomic mass is 9.55. The fourth-order valence-corrected chi connectivity index (χ4v) is 6.19. The van der Waals surface area contributed by atoms with Crippen LogP contribution in [0.5, 0.6) is 0 Å². The standard InChI is InChI=1S/C25H43NO3/c1-5-7-9-14-26(15-10-8-6-2)17-20-22-21(29-24(20)28)16-19-13-11-12-18(3)25(19,4)23(22)27/h13,18,20-23,27H,5-12,14-17H2,1-4H3/p+1/t18-,20+,21+,22-,23+,25+/m1/s1. The monoisotopic (exact) mass is 406 g/mol. The zero-order valence-corrected chi connectivity index (χ0v) is 19.2. The third-order valence-corrected chi connectivity index (χ3v) is 8.35. The molecule has 1 saturated heterocycles. The molecule has 29 heavy (non-hydrogen) atoms. The van der Waals surface area contributed by atoms with Crippen molar-refractivity contribution < 1.29 is 19.5 Å². The lowest BCUT2D eigenvalue weighted by Gasteiger charge is -2.51. The molecule has 1 aliphatic heterocycles. The van der Waals surface area contributed by atoms with Crippen molar-refractivity contribution in [2.45, 2.75) is 97.7 Å². The third kappa shape index (κ3) is 4.58. The van der Waals surface area contributed by atoms with Gasteiger partial charge < -0.3 is 14.7 Å². The number of carbonyl (C=O) groups is 1. The van der Waals surface area contributed by atoms with Crippen LogP contribution in [0, 0.1) is 23.2 Å². The van der Waals surface area contributed by atoms with Crippen LogP contribution in [0.3, 0.4) is 0 Å². The Morgan fingerprint density at radius 1 is 1.17 bits per heavy atom. The zero-order chi connectivity index (χ0) is 21.0.